The summed E-state index contributed by atoms with van der Waals surface area (Å²) in [6.07, 6.45) is 3.60. The zero-order chi connectivity index (χ0) is 19.7. The van der Waals surface area contributed by atoms with Crippen LogP contribution in [0.3, 0.4) is 0 Å². The molecule has 2 heterocycles. The molecule has 0 saturated heterocycles. The highest BCUT2D eigenvalue weighted by atomic mass is 16.6. The van der Waals surface area contributed by atoms with E-state index in [1.165, 1.54) is 11.1 Å². The average molecular weight is 385 g/mol. The summed E-state index contributed by atoms with van der Waals surface area (Å²) in [4.78, 5) is 14.1. The summed E-state index contributed by atoms with van der Waals surface area (Å²) >= 11 is 0. The lowest BCUT2D eigenvalue weighted by molar-refractivity contribution is 0.0258. The molecule has 7 nitrogen and oxygen atoms in total. The second kappa shape index (κ2) is 7.45. The Balaban J connectivity index is 1.36. The molecule has 0 spiro atoms. The summed E-state index contributed by atoms with van der Waals surface area (Å²) in [5.41, 5.74) is 1.96. The zero-order valence-corrected chi connectivity index (χ0v) is 16.7. The van der Waals surface area contributed by atoms with Crippen molar-refractivity contribution < 1.29 is 18.7 Å². The van der Waals surface area contributed by atoms with Crippen molar-refractivity contribution in [3.63, 3.8) is 0 Å². The summed E-state index contributed by atoms with van der Waals surface area (Å²) in [5.74, 6) is 2.45. The number of benzene rings is 1. The Hall–Kier alpha value is -2.57. The Kier molecular flexibility index (Phi) is 5.00. The van der Waals surface area contributed by atoms with Crippen LogP contribution < -0.4 is 4.74 Å². The topological polar surface area (TPSA) is 77.7 Å². The fourth-order valence-corrected chi connectivity index (χ4v) is 3.27. The van der Waals surface area contributed by atoms with Gasteiger partial charge >= 0.3 is 6.09 Å². The lowest BCUT2D eigenvalue weighted by Gasteiger charge is -2.26. The highest BCUT2D eigenvalue weighted by Gasteiger charge is 2.29. The van der Waals surface area contributed by atoms with Crippen LogP contribution in [0.25, 0.3) is 0 Å². The molecule has 1 aliphatic heterocycles. The van der Waals surface area contributed by atoms with Gasteiger partial charge in [0, 0.05) is 19.0 Å². The summed E-state index contributed by atoms with van der Waals surface area (Å²) in [5, 5.41) is 8.13. The predicted molar refractivity (Wildman–Crippen MR) is 102 cm³/mol. The first-order valence-electron chi connectivity index (χ1n) is 9.92. The number of hydrogen-bond donors (Lipinski definition) is 0. The van der Waals surface area contributed by atoms with Crippen molar-refractivity contribution in [2.24, 2.45) is 0 Å². The standard InChI is InChI=1S/C21H27N3O4/c1-21(2,3)28-20(25)24-10-8-14-6-7-17(12-16(14)9-11-24)26-13-18-22-23-19(27-18)15-4-5-15/h6-7,12,15H,4-5,8-11,13H2,1-3H3. The van der Waals surface area contributed by atoms with Crippen molar-refractivity contribution in [2.75, 3.05) is 13.1 Å². The maximum atomic E-state index is 12.4. The minimum absolute atomic E-state index is 0.250. The second-order valence-electron chi connectivity index (χ2n) is 8.49. The fraction of sp³-hybridized carbons (Fsp3) is 0.571. The number of hydrogen-bond acceptors (Lipinski definition) is 6. The number of aromatic nitrogens is 2. The molecule has 1 fully saturated rings. The summed E-state index contributed by atoms with van der Waals surface area (Å²) in [6.45, 7) is 7.23. The van der Waals surface area contributed by atoms with Gasteiger partial charge in [-0.3, -0.25) is 0 Å². The maximum absolute atomic E-state index is 12.4. The van der Waals surface area contributed by atoms with Crippen molar-refractivity contribution in [1.82, 2.24) is 15.1 Å². The zero-order valence-electron chi connectivity index (χ0n) is 16.7. The first-order valence-corrected chi connectivity index (χ1v) is 9.92. The molecule has 0 unspecified atom stereocenters. The maximum Gasteiger partial charge on any atom is 0.410 e. The van der Waals surface area contributed by atoms with Crippen LogP contribution in [0.4, 0.5) is 4.79 Å². The third-order valence-electron chi connectivity index (χ3n) is 4.90. The molecule has 1 amide bonds. The number of carbonyl (C=O) groups is 1. The number of rotatable bonds is 4. The third-order valence-corrected chi connectivity index (χ3v) is 4.90. The Labute approximate surface area is 165 Å². The summed E-state index contributed by atoms with van der Waals surface area (Å²) < 4.78 is 17.0. The van der Waals surface area contributed by atoms with E-state index in [1.807, 2.05) is 32.9 Å². The first-order chi connectivity index (χ1) is 13.4. The van der Waals surface area contributed by atoms with Crippen molar-refractivity contribution in [2.45, 2.75) is 64.6 Å². The molecular formula is C21H27N3O4. The molecule has 1 saturated carbocycles. The van der Waals surface area contributed by atoms with Gasteiger partial charge in [0.2, 0.25) is 5.89 Å². The van der Waals surface area contributed by atoms with Crippen LogP contribution in [0.1, 0.15) is 62.4 Å². The lowest BCUT2D eigenvalue weighted by atomic mass is 10.0. The van der Waals surface area contributed by atoms with Gasteiger partial charge in [-0.15, -0.1) is 10.2 Å². The smallest absolute Gasteiger partial charge is 0.410 e. The van der Waals surface area contributed by atoms with Gasteiger partial charge in [0.05, 0.1) is 0 Å². The molecule has 0 N–H and O–H groups in total. The number of carbonyl (C=O) groups excluding carboxylic acids is 1. The molecule has 150 valence electrons. The first kappa shape index (κ1) is 18.8. The van der Waals surface area contributed by atoms with E-state index in [0.717, 1.165) is 37.3 Å². The normalized spacial score (nSPS) is 17.0. The monoisotopic (exact) mass is 385 g/mol. The van der Waals surface area contributed by atoms with Crippen LogP contribution in [0.5, 0.6) is 5.75 Å². The van der Waals surface area contributed by atoms with E-state index in [9.17, 15) is 4.79 Å². The minimum Gasteiger partial charge on any atom is -0.484 e. The van der Waals surface area contributed by atoms with E-state index in [0.29, 0.717) is 24.9 Å². The van der Waals surface area contributed by atoms with E-state index in [-0.39, 0.29) is 12.7 Å². The van der Waals surface area contributed by atoms with Gasteiger partial charge in [-0.2, -0.15) is 0 Å². The molecule has 2 aliphatic rings. The highest BCUT2D eigenvalue weighted by Crippen LogP contribution is 2.39. The van der Waals surface area contributed by atoms with Crippen LogP contribution >= 0.6 is 0 Å². The van der Waals surface area contributed by atoms with Gasteiger partial charge < -0.3 is 18.8 Å². The molecule has 1 aliphatic carbocycles. The van der Waals surface area contributed by atoms with Crippen LogP contribution in [0.2, 0.25) is 0 Å². The molecule has 0 radical (unpaired) electrons. The van der Waals surface area contributed by atoms with E-state index in [4.69, 9.17) is 13.9 Å². The quantitative estimate of drug-likeness (QED) is 0.795. The Morgan fingerprint density at radius 2 is 1.93 bits per heavy atom. The number of ether oxygens (including phenoxy) is 2. The van der Waals surface area contributed by atoms with Crippen molar-refractivity contribution in [3.05, 3.63) is 41.1 Å². The van der Waals surface area contributed by atoms with E-state index < -0.39 is 5.60 Å². The molecule has 0 atom stereocenters. The van der Waals surface area contributed by atoms with Crippen molar-refractivity contribution in [3.8, 4) is 5.75 Å². The second-order valence-corrected chi connectivity index (χ2v) is 8.49. The molecule has 2 aromatic rings. The number of amides is 1. The van der Waals surface area contributed by atoms with Gasteiger partial charge in [-0.05, 0) is 69.7 Å². The van der Waals surface area contributed by atoms with E-state index in [1.54, 1.807) is 4.90 Å². The fourth-order valence-electron chi connectivity index (χ4n) is 3.27. The van der Waals surface area contributed by atoms with Crippen molar-refractivity contribution in [1.29, 1.82) is 0 Å². The minimum atomic E-state index is -0.481. The SMILES string of the molecule is CC(C)(C)OC(=O)N1CCc2ccc(OCc3nnc(C4CC4)o3)cc2CC1. The van der Waals surface area contributed by atoms with Gasteiger partial charge in [-0.1, -0.05) is 6.07 Å². The summed E-state index contributed by atoms with van der Waals surface area (Å²) in [6, 6.07) is 6.08. The van der Waals surface area contributed by atoms with Crippen LogP contribution in [0, 0.1) is 0 Å². The van der Waals surface area contributed by atoms with E-state index in [2.05, 4.69) is 16.3 Å². The van der Waals surface area contributed by atoms with Crippen LogP contribution in [-0.2, 0) is 24.2 Å². The molecular weight excluding hydrogens is 358 g/mol. The third kappa shape index (κ3) is 4.64. The van der Waals surface area contributed by atoms with Crippen molar-refractivity contribution >= 4 is 6.09 Å². The van der Waals surface area contributed by atoms with Crippen LogP contribution in [-0.4, -0.2) is 39.9 Å². The van der Waals surface area contributed by atoms with Gasteiger partial charge in [0.25, 0.3) is 5.89 Å². The molecule has 1 aromatic carbocycles. The van der Waals surface area contributed by atoms with Gasteiger partial charge in [-0.25, -0.2) is 4.79 Å². The molecule has 7 heteroatoms. The molecule has 28 heavy (non-hydrogen) atoms. The summed E-state index contributed by atoms with van der Waals surface area (Å²) in [7, 11) is 0. The molecule has 4 rings (SSSR count). The Morgan fingerprint density at radius 1 is 1.18 bits per heavy atom. The number of fused-ring (bicyclic) bond motifs is 1. The highest BCUT2D eigenvalue weighted by molar-refractivity contribution is 5.68. The molecule has 0 bridgehead atoms. The van der Waals surface area contributed by atoms with E-state index >= 15 is 0 Å². The Morgan fingerprint density at radius 3 is 2.64 bits per heavy atom. The van der Waals surface area contributed by atoms with Crippen LogP contribution in [0.15, 0.2) is 22.6 Å². The largest absolute Gasteiger partial charge is 0.484 e. The predicted octanol–water partition coefficient (Wildman–Crippen LogP) is 3.86. The average Bonchev–Trinajstić information content (AvgIpc) is 3.41. The number of nitrogens with zero attached hydrogens (tertiary/aromatic N) is 3. The van der Waals surface area contributed by atoms with Gasteiger partial charge in [0.1, 0.15) is 11.4 Å². The Bertz CT molecular complexity index is 852. The van der Waals surface area contributed by atoms with Gasteiger partial charge in [0.15, 0.2) is 6.61 Å². The lowest BCUT2D eigenvalue weighted by Crippen LogP contribution is -2.38. The molecule has 1 aromatic heterocycles.